The molecule has 1 aliphatic rings. The van der Waals surface area contributed by atoms with Crippen molar-refractivity contribution >= 4 is 12.1 Å². The van der Waals surface area contributed by atoms with Crippen LogP contribution in [0.2, 0.25) is 0 Å². The van der Waals surface area contributed by atoms with Gasteiger partial charge in [-0.3, -0.25) is 4.79 Å². The number of nitrogens with zero attached hydrogens (tertiary/aromatic N) is 1. The lowest BCUT2D eigenvalue weighted by molar-refractivity contribution is -0.107. The molecule has 0 bridgehead atoms. The third-order valence-electron chi connectivity index (χ3n) is 4.55. The number of benzene rings is 1. The van der Waals surface area contributed by atoms with E-state index >= 15 is 0 Å². The summed E-state index contributed by atoms with van der Waals surface area (Å²) < 4.78 is 0. The number of allylic oxidation sites excluding steroid dienone is 1. The molecule has 0 radical (unpaired) electrons. The van der Waals surface area contributed by atoms with E-state index in [2.05, 4.69) is 38.6 Å². The summed E-state index contributed by atoms with van der Waals surface area (Å²) in [7, 11) is 1.78. The summed E-state index contributed by atoms with van der Waals surface area (Å²) in [5.74, 6) is 1.31. The van der Waals surface area contributed by atoms with Crippen LogP contribution in [0.3, 0.4) is 0 Å². The first-order valence-corrected chi connectivity index (χ1v) is 6.42. The average Bonchev–Trinajstić information content (AvgIpc) is 2.89. The van der Waals surface area contributed by atoms with E-state index in [1.807, 2.05) is 12.1 Å². The van der Waals surface area contributed by atoms with Crippen molar-refractivity contribution in [3.63, 3.8) is 0 Å². The van der Waals surface area contributed by atoms with E-state index in [0.717, 1.165) is 18.5 Å². The molecule has 2 rings (SSSR count). The maximum Gasteiger partial charge on any atom is 0.213 e. The highest BCUT2D eigenvalue weighted by atomic mass is 16.1. The Morgan fingerprint density at radius 3 is 2.78 bits per heavy atom. The third kappa shape index (κ3) is 2.07. The Bertz CT molecular complexity index is 468. The van der Waals surface area contributed by atoms with E-state index in [9.17, 15) is 4.79 Å². The number of carbonyl (C=O) groups is 1. The maximum absolute atomic E-state index is 10.8. The van der Waals surface area contributed by atoms with Gasteiger partial charge in [-0.1, -0.05) is 32.1 Å². The fourth-order valence-electron chi connectivity index (χ4n) is 2.98. The second-order valence-electron chi connectivity index (χ2n) is 5.62. The molecule has 0 heterocycles. The lowest BCUT2D eigenvalue weighted by Crippen LogP contribution is -2.14. The van der Waals surface area contributed by atoms with E-state index in [1.165, 1.54) is 5.56 Å². The van der Waals surface area contributed by atoms with Crippen LogP contribution >= 0.6 is 0 Å². The van der Waals surface area contributed by atoms with Gasteiger partial charge in [-0.2, -0.15) is 0 Å². The first-order chi connectivity index (χ1) is 8.52. The standard InChI is InChI=1S/C16H21NO/c1-5-15-12(2)16(15,3)10-13-7-6-8-14(9-13)17(4)11-18/h5-9,11-12,15H,1,10H2,2-4H3/t12-,15?,16+/m1/s1. The molecule has 18 heavy (non-hydrogen) atoms. The molecule has 0 aromatic heterocycles. The highest BCUT2D eigenvalue weighted by Crippen LogP contribution is 2.60. The van der Waals surface area contributed by atoms with Crippen molar-refractivity contribution in [3.8, 4) is 0 Å². The minimum Gasteiger partial charge on any atom is -0.318 e. The lowest BCUT2D eigenvalue weighted by atomic mass is 9.94. The number of hydrogen-bond acceptors (Lipinski definition) is 1. The smallest absolute Gasteiger partial charge is 0.213 e. The highest BCUT2D eigenvalue weighted by molar-refractivity contribution is 5.74. The summed E-state index contributed by atoms with van der Waals surface area (Å²) in [5, 5.41) is 0. The summed E-state index contributed by atoms with van der Waals surface area (Å²) >= 11 is 0. The third-order valence-corrected chi connectivity index (χ3v) is 4.55. The molecular weight excluding hydrogens is 222 g/mol. The average molecular weight is 243 g/mol. The largest absolute Gasteiger partial charge is 0.318 e. The van der Waals surface area contributed by atoms with Gasteiger partial charge in [0, 0.05) is 12.7 Å². The Kier molecular flexibility index (Phi) is 3.29. The van der Waals surface area contributed by atoms with Crippen LogP contribution in [0.4, 0.5) is 5.69 Å². The van der Waals surface area contributed by atoms with Crippen LogP contribution in [0.25, 0.3) is 0 Å². The highest BCUT2D eigenvalue weighted by Gasteiger charge is 2.55. The van der Waals surface area contributed by atoms with Crippen molar-refractivity contribution in [1.29, 1.82) is 0 Å². The molecule has 0 N–H and O–H groups in total. The second kappa shape index (κ2) is 4.60. The molecule has 96 valence electrons. The van der Waals surface area contributed by atoms with Crippen LogP contribution in [-0.4, -0.2) is 13.5 Å². The lowest BCUT2D eigenvalue weighted by Gasteiger charge is -2.15. The van der Waals surface area contributed by atoms with Gasteiger partial charge in [-0.25, -0.2) is 0 Å². The SMILES string of the molecule is C=CC1[C@@H](C)[C@]1(C)Cc1cccc(N(C)C=O)c1. The van der Waals surface area contributed by atoms with Crippen LogP contribution in [0, 0.1) is 17.3 Å². The molecule has 0 spiro atoms. The van der Waals surface area contributed by atoms with Crippen LogP contribution in [0.1, 0.15) is 19.4 Å². The molecule has 1 aromatic rings. The van der Waals surface area contributed by atoms with Crippen molar-refractivity contribution in [2.75, 3.05) is 11.9 Å². The molecule has 2 heteroatoms. The fraction of sp³-hybridized carbons (Fsp3) is 0.438. The zero-order valence-electron chi connectivity index (χ0n) is 11.4. The summed E-state index contributed by atoms with van der Waals surface area (Å²) in [5.41, 5.74) is 2.58. The normalized spacial score (nSPS) is 29.7. The molecule has 0 aliphatic heterocycles. The fourth-order valence-corrected chi connectivity index (χ4v) is 2.98. The number of amides is 1. The Hall–Kier alpha value is -1.57. The zero-order valence-corrected chi connectivity index (χ0v) is 11.4. The van der Waals surface area contributed by atoms with Crippen molar-refractivity contribution in [2.45, 2.75) is 20.3 Å². The summed E-state index contributed by atoms with van der Waals surface area (Å²) in [4.78, 5) is 12.4. The van der Waals surface area contributed by atoms with Gasteiger partial charge in [0.25, 0.3) is 0 Å². The zero-order chi connectivity index (χ0) is 13.3. The van der Waals surface area contributed by atoms with Gasteiger partial charge < -0.3 is 4.90 Å². The number of anilines is 1. The molecule has 3 atom stereocenters. The van der Waals surface area contributed by atoms with Crippen molar-refractivity contribution in [1.82, 2.24) is 0 Å². The Morgan fingerprint density at radius 2 is 2.22 bits per heavy atom. The van der Waals surface area contributed by atoms with Gasteiger partial charge in [-0.15, -0.1) is 6.58 Å². The van der Waals surface area contributed by atoms with E-state index < -0.39 is 0 Å². The maximum atomic E-state index is 10.8. The van der Waals surface area contributed by atoms with E-state index in [-0.39, 0.29) is 0 Å². The van der Waals surface area contributed by atoms with Crippen molar-refractivity contribution in [2.24, 2.45) is 17.3 Å². The minimum atomic E-state index is 0.333. The second-order valence-corrected chi connectivity index (χ2v) is 5.62. The predicted molar refractivity (Wildman–Crippen MR) is 75.6 cm³/mol. The molecular formula is C16H21NO. The van der Waals surface area contributed by atoms with E-state index in [1.54, 1.807) is 11.9 Å². The van der Waals surface area contributed by atoms with Gasteiger partial charge in [0.2, 0.25) is 6.41 Å². The van der Waals surface area contributed by atoms with Crippen LogP contribution in [0.5, 0.6) is 0 Å². The van der Waals surface area contributed by atoms with Crippen molar-refractivity contribution < 1.29 is 4.79 Å². The van der Waals surface area contributed by atoms with E-state index in [0.29, 0.717) is 17.3 Å². The van der Waals surface area contributed by atoms with Gasteiger partial charge >= 0.3 is 0 Å². The summed E-state index contributed by atoms with van der Waals surface area (Å²) in [6.07, 6.45) is 3.96. The molecule has 1 aromatic carbocycles. The Morgan fingerprint density at radius 1 is 1.50 bits per heavy atom. The molecule has 1 amide bonds. The number of hydrogen-bond donors (Lipinski definition) is 0. The summed E-state index contributed by atoms with van der Waals surface area (Å²) in [6.45, 7) is 8.52. The van der Waals surface area contributed by atoms with Crippen LogP contribution < -0.4 is 4.90 Å². The molecule has 1 unspecified atom stereocenters. The van der Waals surface area contributed by atoms with Crippen LogP contribution in [0.15, 0.2) is 36.9 Å². The molecule has 1 aliphatic carbocycles. The molecule has 1 saturated carbocycles. The van der Waals surface area contributed by atoms with E-state index in [4.69, 9.17) is 0 Å². The van der Waals surface area contributed by atoms with Gasteiger partial charge in [-0.05, 0) is 41.4 Å². The Balaban J connectivity index is 2.16. The van der Waals surface area contributed by atoms with Crippen molar-refractivity contribution in [3.05, 3.63) is 42.5 Å². The van der Waals surface area contributed by atoms with Gasteiger partial charge in [0.05, 0.1) is 0 Å². The van der Waals surface area contributed by atoms with Gasteiger partial charge in [0.1, 0.15) is 0 Å². The quantitative estimate of drug-likeness (QED) is 0.574. The number of carbonyl (C=O) groups excluding carboxylic acids is 1. The predicted octanol–water partition coefficient (Wildman–Crippen LogP) is 3.28. The van der Waals surface area contributed by atoms with Crippen LogP contribution in [-0.2, 0) is 11.2 Å². The minimum absolute atomic E-state index is 0.333. The molecule has 0 saturated heterocycles. The summed E-state index contributed by atoms with van der Waals surface area (Å²) in [6, 6.07) is 8.22. The number of rotatable bonds is 5. The Labute approximate surface area is 109 Å². The monoisotopic (exact) mass is 243 g/mol. The first-order valence-electron chi connectivity index (χ1n) is 6.42. The molecule has 2 nitrogen and oxygen atoms in total. The van der Waals surface area contributed by atoms with Gasteiger partial charge in [0.15, 0.2) is 0 Å². The molecule has 1 fully saturated rings. The topological polar surface area (TPSA) is 20.3 Å². The first kappa shape index (κ1) is 12.9.